The van der Waals surface area contributed by atoms with Crippen molar-refractivity contribution in [3.63, 3.8) is 0 Å². The number of rotatable bonds is 16. The van der Waals surface area contributed by atoms with Crippen molar-refractivity contribution in [3.8, 4) is 68.5 Å². The zero-order chi connectivity index (χ0) is 46.1. The Kier molecular flexibility index (Phi) is 11.8. The number of nitrogens with one attached hydrogen (secondary N) is 2. The lowest BCUT2D eigenvalue weighted by Crippen LogP contribution is -2.02. The Hall–Kier alpha value is -7.60. The van der Waals surface area contributed by atoms with E-state index in [0.29, 0.717) is 95.3 Å². The van der Waals surface area contributed by atoms with Gasteiger partial charge in [0.1, 0.15) is 45.6 Å². The predicted molar refractivity (Wildman–Crippen MR) is 273 cm³/mol. The van der Waals surface area contributed by atoms with E-state index in [1.54, 1.807) is 0 Å². The summed E-state index contributed by atoms with van der Waals surface area (Å²) in [6, 6.07) is 33.2. The minimum Gasteiger partial charge on any atom is -0.493 e. The van der Waals surface area contributed by atoms with Gasteiger partial charge in [0.05, 0.1) is 48.7 Å². The first-order valence-corrected chi connectivity index (χ1v) is 24.3. The van der Waals surface area contributed by atoms with E-state index < -0.39 is 0 Å². The summed E-state index contributed by atoms with van der Waals surface area (Å²) in [6.07, 6.45) is 7.54. The van der Waals surface area contributed by atoms with Gasteiger partial charge in [0, 0.05) is 21.5 Å². The van der Waals surface area contributed by atoms with Crippen molar-refractivity contribution in [3.05, 3.63) is 97.1 Å². The van der Waals surface area contributed by atoms with Crippen LogP contribution < -0.4 is 18.9 Å². The van der Waals surface area contributed by atoms with Gasteiger partial charge < -0.3 is 28.9 Å². The van der Waals surface area contributed by atoms with Gasteiger partial charge in [0.2, 0.25) is 0 Å². The van der Waals surface area contributed by atoms with Crippen LogP contribution in [0.4, 0.5) is 0 Å². The van der Waals surface area contributed by atoms with Crippen molar-refractivity contribution in [1.82, 2.24) is 39.9 Å². The molecule has 0 saturated heterocycles. The van der Waals surface area contributed by atoms with E-state index in [4.69, 9.17) is 48.9 Å². The molecule has 0 saturated carbocycles. The van der Waals surface area contributed by atoms with E-state index in [1.165, 1.54) is 0 Å². The van der Waals surface area contributed by atoms with Crippen molar-refractivity contribution in [2.45, 2.75) is 79.1 Å². The van der Waals surface area contributed by atoms with Gasteiger partial charge in [-0.1, -0.05) is 102 Å². The summed E-state index contributed by atoms with van der Waals surface area (Å²) in [7, 11) is 0. The summed E-state index contributed by atoms with van der Waals surface area (Å²) in [5.41, 5.74) is 5.24. The number of H-pyrrole nitrogens is 2. The molecule has 2 aliphatic rings. The first kappa shape index (κ1) is 43.0. The number of hydrogen-bond donors (Lipinski definition) is 2. The summed E-state index contributed by atoms with van der Waals surface area (Å²) >= 11 is 0. The maximum absolute atomic E-state index is 6.58. The van der Waals surface area contributed by atoms with Crippen LogP contribution in [0.5, 0.6) is 23.0 Å². The molecule has 342 valence electrons. The average Bonchev–Trinajstić information content (AvgIpc) is 4.10. The number of unbranched alkanes of at least 4 members (excludes halogenated alkanes) is 4. The predicted octanol–water partition coefficient (Wildman–Crippen LogP) is 13.9. The summed E-state index contributed by atoms with van der Waals surface area (Å²) in [4.78, 5) is 39.7. The molecule has 68 heavy (non-hydrogen) atoms. The second-order valence-corrected chi connectivity index (χ2v) is 17.5. The maximum Gasteiger partial charge on any atom is 0.168 e. The van der Waals surface area contributed by atoms with Crippen LogP contribution in [0.1, 0.15) is 79.1 Å². The molecule has 0 atom stereocenters. The molecule has 0 unspecified atom stereocenters. The molecule has 11 rings (SSSR count). The van der Waals surface area contributed by atoms with Gasteiger partial charge in [0.25, 0.3) is 0 Å². The number of aromatic amines is 2. The third kappa shape index (κ3) is 7.87. The highest BCUT2D eigenvalue weighted by Crippen LogP contribution is 2.49. The standard InChI is InChI=1S/C56H54N8O4/c1-5-9-25-65-41-21-22-42(66-26-10-6-2)46-45(41)53-59-49-37-29-33-17-13-14-18-34(33)30-38(37)51(57-49)61-55-47-43(67-27-11-7-3)23-24-44(68-28-12-8-4)48(47)56(64-55)62-52-40-32-36-20-16-15-19-35(36)31-39(40)50(58-52)60-54(46)63-53/h13-24,29-32H,5-12,25-28H2,1-4H3,(H2,57,58,59,60,61,62,63,64). The highest BCUT2D eigenvalue weighted by molar-refractivity contribution is 6.13. The highest BCUT2D eigenvalue weighted by Gasteiger charge is 2.31. The van der Waals surface area contributed by atoms with Crippen LogP contribution in [0.2, 0.25) is 0 Å². The quantitative estimate of drug-likeness (QED) is 0.0899. The molecule has 8 bridgehead atoms. The normalized spacial score (nSPS) is 11.9. The highest BCUT2D eigenvalue weighted by atomic mass is 16.5. The first-order valence-electron chi connectivity index (χ1n) is 24.3. The Bertz CT molecular complexity index is 3110. The fourth-order valence-corrected chi connectivity index (χ4v) is 9.09. The lowest BCUT2D eigenvalue weighted by atomic mass is 10.0. The van der Waals surface area contributed by atoms with Crippen molar-refractivity contribution >= 4 is 65.7 Å². The molecule has 12 nitrogen and oxygen atoms in total. The lowest BCUT2D eigenvalue weighted by molar-refractivity contribution is 0.303. The topological polar surface area (TPSA) is 146 Å². The monoisotopic (exact) mass is 902 g/mol. The Morgan fingerprint density at radius 1 is 0.338 bits per heavy atom. The first-order chi connectivity index (χ1) is 33.5. The molecule has 0 radical (unpaired) electrons. The van der Waals surface area contributed by atoms with Crippen molar-refractivity contribution in [1.29, 1.82) is 0 Å². The van der Waals surface area contributed by atoms with Crippen LogP contribution in [0, 0.1) is 0 Å². The average molecular weight is 903 g/mol. The summed E-state index contributed by atoms with van der Waals surface area (Å²) in [5.74, 6) is 4.46. The van der Waals surface area contributed by atoms with Crippen LogP contribution in [0.3, 0.4) is 0 Å². The van der Waals surface area contributed by atoms with E-state index in [0.717, 1.165) is 117 Å². The van der Waals surface area contributed by atoms with E-state index in [1.807, 2.05) is 48.5 Å². The lowest BCUT2D eigenvalue weighted by Gasteiger charge is -2.14. The zero-order valence-corrected chi connectivity index (χ0v) is 39.0. The molecular formula is C56H54N8O4. The van der Waals surface area contributed by atoms with Crippen LogP contribution in [-0.2, 0) is 0 Å². The molecule has 2 aliphatic heterocycles. The molecule has 0 spiro atoms. The number of aromatic nitrogens is 8. The van der Waals surface area contributed by atoms with Gasteiger partial charge in [-0.25, -0.2) is 29.9 Å². The molecule has 0 aliphatic carbocycles. The number of fused-ring (bicyclic) bond motifs is 22. The second kappa shape index (κ2) is 18.6. The number of hydrogen-bond acceptors (Lipinski definition) is 10. The van der Waals surface area contributed by atoms with Gasteiger partial charge in [-0.2, -0.15) is 0 Å². The van der Waals surface area contributed by atoms with E-state index in [9.17, 15) is 0 Å². The van der Waals surface area contributed by atoms with Crippen molar-refractivity contribution in [2.75, 3.05) is 26.4 Å². The summed E-state index contributed by atoms with van der Waals surface area (Å²) in [6.45, 7) is 10.8. The SMILES string of the molecule is CCCCOc1ccc(OCCCC)c2c1-c1nc-2nc2[nH]c(nc3nc(nc4[nH]c(n1)c1cc5ccccc5cc41)-c1c(OCCCC)ccc(OCCCC)c1-3)c1cc3ccccc3cc21. The minimum absolute atomic E-state index is 0.451. The molecule has 5 heterocycles. The Labute approximate surface area is 394 Å². The molecule has 0 amide bonds. The fourth-order valence-electron chi connectivity index (χ4n) is 9.09. The van der Waals surface area contributed by atoms with E-state index >= 15 is 0 Å². The second-order valence-electron chi connectivity index (χ2n) is 17.5. The molecule has 2 N–H and O–H groups in total. The van der Waals surface area contributed by atoms with Gasteiger partial charge >= 0.3 is 0 Å². The molecule has 6 aromatic carbocycles. The van der Waals surface area contributed by atoms with Crippen LogP contribution in [0.25, 0.3) is 111 Å². The largest absolute Gasteiger partial charge is 0.493 e. The molecule has 0 fully saturated rings. The number of ether oxygens (including phenoxy) is 4. The number of nitrogens with zero attached hydrogens (tertiary/aromatic N) is 6. The summed E-state index contributed by atoms with van der Waals surface area (Å²) < 4.78 is 26.3. The molecule has 9 aromatic rings. The molecular weight excluding hydrogens is 849 g/mol. The summed E-state index contributed by atoms with van der Waals surface area (Å²) in [5, 5.41) is 7.78. The van der Waals surface area contributed by atoms with Gasteiger partial charge in [-0.15, -0.1) is 0 Å². The Morgan fingerprint density at radius 3 is 0.824 bits per heavy atom. The fraction of sp³-hybridized carbons (Fsp3) is 0.286. The molecule has 3 aromatic heterocycles. The Balaban J connectivity index is 1.30. The zero-order valence-electron chi connectivity index (χ0n) is 39.0. The smallest absolute Gasteiger partial charge is 0.168 e. The number of benzene rings is 6. The third-order valence-electron chi connectivity index (χ3n) is 12.7. The molecule has 12 heteroatoms. The Morgan fingerprint density at radius 2 is 0.588 bits per heavy atom. The maximum atomic E-state index is 6.58. The van der Waals surface area contributed by atoms with E-state index in [2.05, 4.69) is 86.2 Å². The van der Waals surface area contributed by atoms with E-state index in [-0.39, 0.29) is 0 Å². The van der Waals surface area contributed by atoms with Gasteiger partial charge in [0.15, 0.2) is 23.3 Å². The van der Waals surface area contributed by atoms with Crippen molar-refractivity contribution in [2.24, 2.45) is 0 Å². The van der Waals surface area contributed by atoms with Gasteiger partial charge in [-0.3, -0.25) is 0 Å². The van der Waals surface area contributed by atoms with Crippen LogP contribution in [0.15, 0.2) is 97.1 Å². The van der Waals surface area contributed by atoms with Crippen LogP contribution >= 0.6 is 0 Å². The minimum atomic E-state index is 0.451. The van der Waals surface area contributed by atoms with Gasteiger partial charge in [-0.05, 0) is 95.8 Å². The van der Waals surface area contributed by atoms with Crippen LogP contribution in [-0.4, -0.2) is 66.3 Å². The van der Waals surface area contributed by atoms with Crippen molar-refractivity contribution < 1.29 is 18.9 Å². The third-order valence-corrected chi connectivity index (χ3v) is 12.7.